The predicted molar refractivity (Wildman–Crippen MR) is 70.4 cm³/mol. The van der Waals surface area contributed by atoms with Gasteiger partial charge in [0.05, 0.1) is 6.10 Å². The molecule has 0 unspecified atom stereocenters. The van der Waals surface area contributed by atoms with Crippen LogP contribution in [0.15, 0.2) is 17.3 Å². The van der Waals surface area contributed by atoms with Crippen molar-refractivity contribution >= 4 is 10.0 Å². The van der Waals surface area contributed by atoms with E-state index < -0.39 is 16.1 Å². The highest BCUT2D eigenvalue weighted by Gasteiger charge is 2.56. The SMILES string of the molecule is Cn1ccc(S(=O)(=O)N[C@@H]2C[C@@H](O)C23CCOCC3)n1. The third kappa shape index (κ3) is 2.16. The number of aryl methyl sites for hydroxylation is 1. The zero-order valence-corrected chi connectivity index (χ0v) is 12.1. The highest BCUT2D eigenvalue weighted by atomic mass is 32.2. The molecule has 2 atom stereocenters. The Morgan fingerprint density at radius 2 is 2.20 bits per heavy atom. The first-order chi connectivity index (χ1) is 9.44. The maximum atomic E-state index is 12.3. The minimum Gasteiger partial charge on any atom is -0.392 e. The van der Waals surface area contributed by atoms with E-state index in [-0.39, 0.29) is 16.5 Å². The van der Waals surface area contributed by atoms with Gasteiger partial charge in [-0.15, -0.1) is 0 Å². The van der Waals surface area contributed by atoms with E-state index in [1.54, 1.807) is 13.2 Å². The zero-order valence-electron chi connectivity index (χ0n) is 11.3. The Bertz CT molecular complexity index is 592. The maximum Gasteiger partial charge on any atom is 0.260 e. The Labute approximate surface area is 118 Å². The van der Waals surface area contributed by atoms with Gasteiger partial charge in [0.15, 0.2) is 5.03 Å². The smallest absolute Gasteiger partial charge is 0.260 e. The van der Waals surface area contributed by atoms with E-state index in [4.69, 9.17) is 4.74 Å². The zero-order chi connectivity index (χ0) is 14.4. The number of hydrogen-bond acceptors (Lipinski definition) is 5. The van der Waals surface area contributed by atoms with Crippen molar-refractivity contribution in [2.45, 2.75) is 36.4 Å². The van der Waals surface area contributed by atoms with Crippen molar-refractivity contribution in [1.29, 1.82) is 0 Å². The number of aromatic nitrogens is 2. The first-order valence-electron chi connectivity index (χ1n) is 6.72. The lowest BCUT2D eigenvalue weighted by atomic mass is 9.58. The van der Waals surface area contributed by atoms with Gasteiger partial charge in [0.2, 0.25) is 0 Å². The van der Waals surface area contributed by atoms with Gasteiger partial charge >= 0.3 is 0 Å². The van der Waals surface area contributed by atoms with Crippen molar-refractivity contribution < 1.29 is 18.3 Å². The molecule has 2 heterocycles. The van der Waals surface area contributed by atoms with Crippen LogP contribution >= 0.6 is 0 Å². The van der Waals surface area contributed by atoms with E-state index in [1.165, 1.54) is 10.7 Å². The topological polar surface area (TPSA) is 93.5 Å². The molecule has 0 bridgehead atoms. The van der Waals surface area contributed by atoms with Crippen LogP contribution in [0.1, 0.15) is 19.3 Å². The van der Waals surface area contributed by atoms with Crippen LogP contribution in [0.4, 0.5) is 0 Å². The molecule has 8 heteroatoms. The second-order valence-corrected chi connectivity index (χ2v) is 7.26. The molecule has 112 valence electrons. The summed E-state index contributed by atoms with van der Waals surface area (Å²) >= 11 is 0. The molecule has 1 saturated heterocycles. The Hall–Kier alpha value is -0.960. The summed E-state index contributed by atoms with van der Waals surface area (Å²) in [5.41, 5.74) is -0.375. The lowest BCUT2D eigenvalue weighted by molar-refractivity contribution is -0.143. The van der Waals surface area contributed by atoms with Crippen LogP contribution in [-0.4, -0.2) is 48.7 Å². The fourth-order valence-corrected chi connectivity index (χ4v) is 4.45. The van der Waals surface area contributed by atoms with Crippen LogP contribution in [0, 0.1) is 5.41 Å². The molecule has 2 N–H and O–H groups in total. The number of sulfonamides is 1. The molecule has 1 aromatic heterocycles. The molecule has 2 fully saturated rings. The van der Waals surface area contributed by atoms with E-state index in [0.717, 1.165) is 0 Å². The van der Waals surface area contributed by atoms with Gasteiger partial charge in [-0.25, -0.2) is 13.1 Å². The molecular formula is C12H19N3O4S. The van der Waals surface area contributed by atoms with Crippen molar-refractivity contribution in [2.75, 3.05) is 13.2 Å². The minimum atomic E-state index is -3.63. The number of hydrogen-bond donors (Lipinski definition) is 2. The summed E-state index contributed by atoms with van der Waals surface area (Å²) in [7, 11) is -1.96. The summed E-state index contributed by atoms with van der Waals surface area (Å²) in [5.74, 6) is 0. The van der Waals surface area contributed by atoms with Gasteiger partial charge < -0.3 is 9.84 Å². The van der Waals surface area contributed by atoms with Crippen LogP contribution in [0.3, 0.4) is 0 Å². The van der Waals surface area contributed by atoms with Gasteiger partial charge in [0.25, 0.3) is 10.0 Å². The van der Waals surface area contributed by atoms with Crippen molar-refractivity contribution in [1.82, 2.24) is 14.5 Å². The summed E-state index contributed by atoms with van der Waals surface area (Å²) in [6, 6.07) is 1.22. The standard InChI is InChI=1S/C12H19N3O4S/c1-15-5-2-11(13-15)20(17,18)14-9-8-10(16)12(9)3-6-19-7-4-12/h2,5,9-10,14,16H,3-4,6-8H2,1H3/t9-,10-/m1/s1. The normalized spacial score (nSPS) is 29.3. The van der Waals surface area contributed by atoms with Crippen LogP contribution in [-0.2, 0) is 21.8 Å². The second kappa shape index (κ2) is 4.80. The third-order valence-electron chi connectivity index (χ3n) is 4.50. The quantitative estimate of drug-likeness (QED) is 0.794. The molecule has 0 aromatic carbocycles. The number of ether oxygens (including phenoxy) is 1. The van der Waals surface area contributed by atoms with Crippen LogP contribution in [0.2, 0.25) is 0 Å². The third-order valence-corrected chi connectivity index (χ3v) is 5.87. The lowest BCUT2D eigenvalue weighted by Gasteiger charge is -2.55. The monoisotopic (exact) mass is 301 g/mol. The van der Waals surface area contributed by atoms with Crippen molar-refractivity contribution in [3.8, 4) is 0 Å². The molecular weight excluding hydrogens is 282 g/mol. The summed E-state index contributed by atoms with van der Waals surface area (Å²) in [6.07, 6.45) is 2.95. The Morgan fingerprint density at radius 1 is 1.50 bits per heavy atom. The van der Waals surface area contributed by atoms with Gasteiger partial charge in [-0.3, -0.25) is 4.68 Å². The van der Waals surface area contributed by atoms with Crippen molar-refractivity contribution in [2.24, 2.45) is 12.5 Å². The molecule has 0 radical (unpaired) electrons. The molecule has 3 rings (SSSR count). The van der Waals surface area contributed by atoms with E-state index in [0.29, 0.717) is 32.5 Å². The van der Waals surface area contributed by atoms with Gasteiger partial charge in [0, 0.05) is 37.9 Å². The van der Waals surface area contributed by atoms with Crippen molar-refractivity contribution in [3.63, 3.8) is 0 Å². The van der Waals surface area contributed by atoms with Gasteiger partial charge in [-0.2, -0.15) is 5.10 Å². The highest BCUT2D eigenvalue weighted by molar-refractivity contribution is 7.89. The minimum absolute atomic E-state index is 0.0172. The molecule has 7 nitrogen and oxygen atoms in total. The molecule has 1 saturated carbocycles. The molecule has 1 aliphatic heterocycles. The Kier molecular flexibility index (Phi) is 3.36. The fourth-order valence-electron chi connectivity index (χ4n) is 3.15. The number of rotatable bonds is 3. The van der Waals surface area contributed by atoms with Gasteiger partial charge in [-0.05, 0) is 25.3 Å². The number of nitrogens with zero attached hydrogens (tertiary/aromatic N) is 2. The molecule has 1 aliphatic carbocycles. The molecule has 1 aromatic rings. The number of nitrogens with one attached hydrogen (secondary N) is 1. The van der Waals surface area contributed by atoms with E-state index in [2.05, 4.69) is 9.82 Å². The maximum absolute atomic E-state index is 12.3. The average molecular weight is 301 g/mol. The lowest BCUT2D eigenvalue weighted by Crippen LogP contribution is -2.65. The van der Waals surface area contributed by atoms with E-state index >= 15 is 0 Å². The van der Waals surface area contributed by atoms with Gasteiger partial charge in [-0.1, -0.05) is 0 Å². The largest absolute Gasteiger partial charge is 0.392 e. The molecule has 0 amide bonds. The Balaban J connectivity index is 1.78. The van der Waals surface area contributed by atoms with Gasteiger partial charge in [0.1, 0.15) is 0 Å². The second-order valence-electron chi connectivity index (χ2n) is 5.60. The summed E-state index contributed by atoms with van der Waals surface area (Å²) in [5, 5.41) is 14.0. The first-order valence-corrected chi connectivity index (χ1v) is 8.20. The van der Waals surface area contributed by atoms with E-state index in [1.807, 2.05) is 0 Å². The first kappa shape index (κ1) is 14.0. The van der Waals surface area contributed by atoms with Crippen LogP contribution in [0.25, 0.3) is 0 Å². The van der Waals surface area contributed by atoms with Crippen molar-refractivity contribution in [3.05, 3.63) is 12.3 Å². The predicted octanol–water partition coefficient (Wildman–Crippen LogP) is -0.372. The molecule has 2 aliphatic rings. The Morgan fingerprint density at radius 3 is 2.75 bits per heavy atom. The molecule has 1 spiro atoms. The molecule has 20 heavy (non-hydrogen) atoms. The average Bonchev–Trinajstić information content (AvgIpc) is 2.87. The highest BCUT2D eigenvalue weighted by Crippen LogP contribution is 2.49. The van der Waals surface area contributed by atoms with Crippen LogP contribution in [0.5, 0.6) is 0 Å². The summed E-state index contributed by atoms with van der Waals surface area (Å²) < 4.78 is 34.0. The van der Waals surface area contributed by atoms with Crippen LogP contribution < -0.4 is 4.72 Å². The number of aliphatic hydroxyl groups is 1. The summed E-state index contributed by atoms with van der Waals surface area (Å²) in [6.45, 7) is 1.14. The fraction of sp³-hybridized carbons (Fsp3) is 0.750. The van der Waals surface area contributed by atoms with E-state index in [9.17, 15) is 13.5 Å². The number of aliphatic hydroxyl groups excluding tert-OH is 1. The summed E-state index contributed by atoms with van der Waals surface area (Å²) in [4.78, 5) is 0.